The van der Waals surface area contributed by atoms with Gasteiger partial charge in [0.25, 0.3) is 0 Å². The lowest BCUT2D eigenvalue weighted by Crippen LogP contribution is -2.34. The van der Waals surface area contributed by atoms with Crippen molar-refractivity contribution in [3.63, 3.8) is 0 Å². The summed E-state index contributed by atoms with van der Waals surface area (Å²) in [6.07, 6.45) is 7.71. The van der Waals surface area contributed by atoms with Gasteiger partial charge in [-0.2, -0.15) is 0 Å². The van der Waals surface area contributed by atoms with E-state index in [9.17, 15) is 0 Å². The Morgan fingerprint density at radius 1 is 1.35 bits per heavy atom. The number of aromatic nitrogens is 1. The van der Waals surface area contributed by atoms with Crippen molar-refractivity contribution in [3.05, 3.63) is 10.6 Å². The first-order valence-corrected chi connectivity index (χ1v) is 9.07. The van der Waals surface area contributed by atoms with Gasteiger partial charge in [0.05, 0.1) is 11.7 Å². The fourth-order valence-corrected chi connectivity index (χ4v) is 4.62. The molecule has 20 heavy (non-hydrogen) atoms. The van der Waals surface area contributed by atoms with E-state index in [0.29, 0.717) is 6.04 Å². The highest BCUT2D eigenvalue weighted by atomic mass is 32.1. The molecular formula is C16H27N3S. The number of anilines is 1. The topological polar surface area (TPSA) is 28.2 Å². The SMILES string of the molecule is CCCNC1CCCc2sc(N3CCCC(C)C3)nc21. The van der Waals surface area contributed by atoms with Gasteiger partial charge >= 0.3 is 0 Å². The van der Waals surface area contributed by atoms with Crippen molar-refractivity contribution in [2.24, 2.45) is 5.92 Å². The molecule has 1 aromatic heterocycles. The molecule has 1 aliphatic heterocycles. The summed E-state index contributed by atoms with van der Waals surface area (Å²) in [6, 6.07) is 0.505. The highest BCUT2D eigenvalue weighted by molar-refractivity contribution is 7.15. The normalized spacial score (nSPS) is 26.6. The van der Waals surface area contributed by atoms with E-state index in [-0.39, 0.29) is 0 Å². The van der Waals surface area contributed by atoms with Gasteiger partial charge in [-0.05, 0) is 51.0 Å². The van der Waals surface area contributed by atoms with Gasteiger partial charge in [-0.25, -0.2) is 4.98 Å². The molecule has 0 spiro atoms. The highest BCUT2D eigenvalue weighted by Crippen LogP contribution is 2.37. The molecule has 1 aromatic rings. The number of nitrogens with one attached hydrogen (secondary N) is 1. The Hall–Kier alpha value is -0.610. The van der Waals surface area contributed by atoms with Gasteiger partial charge in [-0.15, -0.1) is 11.3 Å². The Balaban J connectivity index is 1.76. The van der Waals surface area contributed by atoms with E-state index in [0.717, 1.165) is 12.5 Å². The van der Waals surface area contributed by atoms with Crippen LogP contribution in [0.25, 0.3) is 0 Å². The van der Waals surface area contributed by atoms with Gasteiger partial charge < -0.3 is 10.2 Å². The first kappa shape index (κ1) is 14.3. The van der Waals surface area contributed by atoms with Crippen molar-refractivity contribution in [1.82, 2.24) is 10.3 Å². The predicted octanol–water partition coefficient (Wildman–Crippen LogP) is 3.76. The third-order valence-electron chi connectivity index (χ3n) is 4.51. The van der Waals surface area contributed by atoms with Crippen molar-refractivity contribution < 1.29 is 0 Å². The number of aryl methyl sites for hydroxylation is 1. The van der Waals surface area contributed by atoms with Crippen LogP contribution in [-0.4, -0.2) is 24.6 Å². The molecule has 0 amide bonds. The van der Waals surface area contributed by atoms with Crippen molar-refractivity contribution >= 4 is 16.5 Å². The van der Waals surface area contributed by atoms with Crippen LogP contribution in [0.15, 0.2) is 0 Å². The van der Waals surface area contributed by atoms with Gasteiger partial charge in [-0.1, -0.05) is 13.8 Å². The van der Waals surface area contributed by atoms with E-state index in [2.05, 4.69) is 24.1 Å². The van der Waals surface area contributed by atoms with E-state index in [1.165, 1.54) is 67.3 Å². The Bertz CT molecular complexity index is 443. The molecule has 1 aliphatic carbocycles. The van der Waals surface area contributed by atoms with Crippen LogP contribution >= 0.6 is 11.3 Å². The van der Waals surface area contributed by atoms with Crippen LogP contribution in [0, 0.1) is 5.92 Å². The lowest BCUT2D eigenvalue weighted by atomic mass is 9.97. The van der Waals surface area contributed by atoms with E-state index in [1.807, 2.05) is 11.3 Å². The maximum Gasteiger partial charge on any atom is 0.185 e. The summed E-state index contributed by atoms with van der Waals surface area (Å²) in [7, 11) is 0. The zero-order valence-corrected chi connectivity index (χ0v) is 13.6. The van der Waals surface area contributed by atoms with Gasteiger partial charge in [0.15, 0.2) is 5.13 Å². The summed E-state index contributed by atoms with van der Waals surface area (Å²) in [6.45, 7) is 8.10. The van der Waals surface area contributed by atoms with Gasteiger partial charge in [0, 0.05) is 18.0 Å². The minimum atomic E-state index is 0.505. The van der Waals surface area contributed by atoms with Crippen LogP contribution in [0.3, 0.4) is 0 Å². The lowest BCUT2D eigenvalue weighted by Gasteiger charge is -2.30. The monoisotopic (exact) mass is 293 g/mol. The third kappa shape index (κ3) is 3.01. The van der Waals surface area contributed by atoms with Gasteiger partial charge in [0.1, 0.15) is 0 Å². The fourth-order valence-electron chi connectivity index (χ4n) is 3.42. The Morgan fingerprint density at radius 2 is 2.25 bits per heavy atom. The fraction of sp³-hybridized carbons (Fsp3) is 0.812. The molecule has 2 atom stereocenters. The second kappa shape index (κ2) is 6.44. The molecule has 2 unspecified atom stereocenters. The average molecular weight is 293 g/mol. The molecular weight excluding hydrogens is 266 g/mol. The standard InChI is InChI=1S/C16H27N3S/c1-3-9-17-13-7-4-8-14-15(13)18-16(20-14)19-10-5-6-12(2)11-19/h12-13,17H,3-11H2,1-2H3. The second-order valence-electron chi connectivity index (χ2n) is 6.40. The molecule has 0 bridgehead atoms. The van der Waals surface area contributed by atoms with Gasteiger partial charge in [0.2, 0.25) is 0 Å². The largest absolute Gasteiger partial charge is 0.348 e. The lowest BCUT2D eigenvalue weighted by molar-refractivity contribution is 0.442. The zero-order chi connectivity index (χ0) is 13.9. The quantitative estimate of drug-likeness (QED) is 0.916. The number of nitrogens with zero attached hydrogens (tertiary/aromatic N) is 2. The minimum absolute atomic E-state index is 0.505. The average Bonchev–Trinajstić information content (AvgIpc) is 2.89. The number of hydrogen-bond acceptors (Lipinski definition) is 4. The summed E-state index contributed by atoms with van der Waals surface area (Å²) >= 11 is 1.96. The Labute approximate surface area is 126 Å². The first-order valence-electron chi connectivity index (χ1n) is 8.26. The third-order valence-corrected chi connectivity index (χ3v) is 5.70. The van der Waals surface area contributed by atoms with E-state index >= 15 is 0 Å². The Morgan fingerprint density at radius 3 is 3.05 bits per heavy atom. The van der Waals surface area contributed by atoms with Crippen LogP contribution in [0.2, 0.25) is 0 Å². The molecule has 1 fully saturated rings. The molecule has 1 saturated heterocycles. The van der Waals surface area contributed by atoms with Crippen LogP contribution in [0.1, 0.15) is 62.6 Å². The molecule has 0 radical (unpaired) electrons. The molecule has 1 N–H and O–H groups in total. The van der Waals surface area contributed by atoms with E-state index < -0.39 is 0 Å². The highest BCUT2D eigenvalue weighted by Gasteiger charge is 2.27. The summed E-state index contributed by atoms with van der Waals surface area (Å²) < 4.78 is 0. The summed E-state index contributed by atoms with van der Waals surface area (Å²) in [4.78, 5) is 9.09. The Kier molecular flexibility index (Phi) is 4.61. The van der Waals surface area contributed by atoms with Crippen LogP contribution in [-0.2, 0) is 6.42 Å². The molecule has 112 valence electrons. The molecule has 4 heteroatoms. The number of piperidine rings is 1. The number of hydrogen-bond donors (Lipinski definition) is 1. The molecule has 2 aliphatic rings. The molecule has 2 heterocycles. The summed E-state index contributed by atoms with van der Waals surface area (Å²) in [5.74, 6) is 0.818. The van der Waals surface area contributed by atoms with Crippen molar-refractivity contribution in [2.45, 2.75) is 58.4 Å². The second-order valence-corrected chi connectivity index (χ2v) is 7.46. The number of rotatable bonds is 4. The summed E-state index contributed by atoms with van der Waals surface area (Å²) in [5, 5.41) is 4.96. The summed E-state index contributed by atoms with van der Waals surface area (Å²) in [5.41, 5.74) is 1.36. The minimum Gasteiger partial charge on any atom is -0.348 e. The molecule has 3 nitrogen and oxygen atoms in total. The maximum atomic E-state index is 5.03. The molecule has 0 aromatic carbocycles. The first-order chi connectivity index (χ1) is 9.78. The van der Waals surface area contributed by atoms with Gasteiger partial charge in [-0.3, -0.25) is 0 Å². The van der Waals surface area contributed by atoms with Crippen molar-refractivity contribution in [3.8, 4) is 0 Å². The maximum absolute atomic E-state index is 5.03. The molecule has 0 saturated carbocycles. The van der Waals surface area contributed by atoms with Crippen LogP contribution < -0.4 is 10.2 Å². The predicted molar refractivity (Wildman–Crippen MR) is 86.7 cm³/mol. The zero-order valence-electron chi connectivity index (χ0n) is 12.8. The van der Waals surface area contributed by atoms with Crippen LogP contribution in [0.5, 0.6) is 0 Å². The van der Waals surface area contributed by atoms with Crippen molar-refractivity contribution in [1.29, 1.82) is 0 Å². The van der Waals surface area contributed by atoms with Crippen LogP contribution in [0.4, 0.5) is 5.13 Å². The number of thiazole rings is 1. The smallest absolute Gasteiger partial charge is 0.185 e. The van der Waals surface area contributed by atoms with E-state index in [1.54, 1.807) is 0 Å². The van der Waals surface area contributed by atoms with E-state index in [4.69, 9.17) is 4.98 Å². The van der Waals surface area contributed by atoms with Crippen molar-refractivity contribution in [2.75, 3.05) is 24.5 Å². The molecule has 3 rings (SSSR count). The number of fused-ring (bicyclic) bond motifs is 1.